The van der Waals surface area contributed by atoms with Crippen LogP contribution >= 0.6 is 0 Å². The zero-order valence-corrected chi connectivity index (χ0v) is 12.1. The van der Waals surface area contributed by atoms with Gasteiger partial charge in [-0.3, -0.25) is 14.2 Å². The Kier molecular flexibility index (Phi) is 4.35. The first kappa shape index (κ1) is 15.1. The van der Waals surface area contributed by atoms with Gasteiger partial charge in [0.05, 0.1) is 23.5 Å². The second-order valence-electron chi connectivity index (χ2n) is 4.85. The zero-order valence-electron chi connectivity index (χ0n) is 12.1. The number of carbonyl (C=O) groups excluding carboxylic acids is 1. The normalized spacial score (nSPS) is 11.1. The molecule has 0 radical (unpaired) electrons. The van der Waals surface area contributed by atoms with E-state index in [1.165, 1.54) is 11.1 Å². The van der Waals surface area contributed by atoms with Crippen molar-refractivity contribution in [3.05, 3.63) is 35.4 Å². The molecule has 0 aliphatic carbocycles. The van der Waals surface area contributed by atoms with Crippen molar-refractivity contribution >= 4 is 5.91 Å². The molecule has 0 atom stereocenters. The van der Waals surface area contributed by atoms with Crippen molar-refractivity contribution in [1.82, 2.24) is 24.5 Å². The van der Waals surface area contributed by atoms with Gasteiger partial charge in [-0.2, -0.15) is 10.2 Å². The average molecular weight is 297 g/mol. The van der Waals surface area contributed by atoms with E-state index in [4.69, 9.17) is 0 Å². The summed E-state index contributed by atoms with van der Waals surface area (Å²) in [5, 5.41) is 7.98. The van der Waals surface area contributed by atoms with Crippen LogP contribution in [0.15, 0.2) is 18.5 Å². The molecule has 2 aromatic heterocycles. The topological polar surface area (TPSA) is 56.0 Å². The Morgan fingerprint density at radius 3 is 2.76 bits per heavy atom. The van der Waals surface area contributed by atoms with Crippen molar-refractivity contribution in [3.8, 4) is 0 Å². The van der Waals surface area contributed by atoms with Crippen LogP contribution in [0.1, 0.15) is 21.7 Å². The van der Waals surface area contributed by atoms with Gasteiger partial charge in [-0.15, -0.1) is 0 Å². The first-order valence-electron chi connectivity index (χ1n) is 6.43. The van der Waals surface area contributed by atoms with E-state index in [1.54, 1.807) is 31.9 Å². The van der Waals surface area contributed by atoms with Crippen molar-refractivity contribution in [2.24, 2.45) is 7.05 Å². The van der Waals surface area contributed by atoms with Gasteiger partial charge in [-0.25, -0.2) is 8.78 Å². The second-order valence-corrected chi connectivity index (χ2v) is 4.85. The first-order valence-corrected chi connectivity index (χ1v) is 6.43. The molecule has 0 N–H and O–H groups in total. The van der Waals surface area contributed by atoms with Gasteiger partial charge in [0.15, 0.2) is 0 Å². The average Bonchev–Trinajstić information content (AvgIpc) is 2.95. The second kappa shape index (κ2) is 6.02. The van der Waals surface area contributed by atoms with Crippen LogP contribution in [-0.4, -0.2) is 43.8 Å². The van der Waals surface area contributed by atoms with Gasteiger partial charge in [0, 0.05) is 26.5 Å². The fraction of sp³-hybridized carbons (Fsp3) is 0.462. The highest BCUT2D eigenvalue weighted by molar-refractivity contribution is 5.94. The lowest BCUT2D eigenvalue weighted by atomic mass is 10.2. The van der Waals surface area contributed by atoms with Crippen LogP contribution in [0.25, 0.3) is 0 Å². The molecule has 2 rings (SSSR count). The summed E-state index contributed by atoms with van der Waals surface area (Å²) in [5.74, 6) is -0.255. The van der Waals surface area contributed by atoms with E-state index in [2.05, 4.69) is 10.2 Å². The maximum Gasteiger partial charge on any atom is 0.257 e. The predicted molar refractivity (Wildman–Crippen MR) is 72.0 cm³/mol. The summed E-state index contributed by atoms with van der Waals surface area (Å²) >= 11 is 0. The van der Waals surface area contributed by atoms with Gasteiger partial charge in [0.2, 0.25) is 0 Å². The van der Waals surface area contributed by atoms with Crippen molar-refractivity contribution < 1.29 is 13.6 Å². The molecule has 0 bridgehead atoms. The van der Waals surface area contributed by atoms with Crippen LogP contribution in [0.2, 0.25) is 0 Å². The highest BCUT2D eigenvalue weighted by Gasteiger charge is 2.19. The molecule has 6 nitrogen and oxygen atoms in total. The number of aromatic nitrogens is 4. The third kappa shape index (κ3) is 3.45. The van der Waals surface area contributed by atoms with Crippen LogP contribution < -0.4 is 0 Å². The molecule has 2 heterocycles. The number of nitrogens with zero attached hydrogens (tertiary/aromatic N) is 5. The van der Waals surface area contributed by atoms with Crippen LogP contribution in [0.4, 0.5) is 8.78 Å². The van der Waals surface area contributed by atoms with E-state index in [-0.39, 0.29) is 5.91 Å². The molecule has 114 valence electrons. The maximum absolute atomic E-state index is 12.4. The third-order valence-electron chi connectivity index (χ3n) is 3.17. The van der Waals surface area contributed by atoms with Gasteiger partial charge < -0.3 is 4.90 Å². The Hall–Kier alpha value is -2.25. The number of carbonyl (C=O) groups is 1. The summed E-state index contributed by atoms with van der Waals surface area (Å²) in [4.78, 5) is 13.9. The minimum absolute atomic E-state index is 0.255. The number of hydrogen-bond acceptors (Lipinski definition) is 3. The Balaban J connectivity index is 2.12. The first-order chi connectivity index (χ1) is 9.88. The zero-order chi connectivity index (χ0) is 15.6. The standard InChI is InChI=1S/C13H17F2N5O/c1-9-11(7-20(17-9)8-12(14)15)13(21)18(2)6-10-4-5-16-19(10)3/h4-5,7,12H,6,8H2,1-3H3. The van der Waals surface area contributed by atoms with E-state index >= 15 is 0 Å². The highest BCUT2D eigenvalue weighted by Crippen LogP contribution is 2.12. The largest absolute Gasteiger partial charge is 0.336 e. The number of hydrogen-bond donors (Lipinski definition) is 0. The SMILES string of the molecule is Cc1nn(CC(F)F)cc1C(=O)N(C)Cc1ccnn1C. The summed E-state index contributed by atoms with van der Waals surface area (Å²) in [6.45, 7) is 1.50. The number of rotatable bonds is 5. The summed E-state index contributed by atoms with van der Waals surface area (Å²) in [6, 6.07) is 1.82. The van der Waals surface area contributed by atoms with E-state index in [0.717, 1.165) is 10.4 Å². The molecule has 0 aliphatic rings. The summed E-state index contributed by atoms with van der Waals surface area (Å²) < 4.78 is 27.5. The number of aryl methyl sites for hydroxylation is 2. The molecule has 0 saturated heterocycles. The highest BCUT2D eigenvalue weighted by atomic mass is 19.3. The smallest absolute Gasteiger partial charge is 0.257 e. The van der Waals surface area contributed by atoms with Gasteiger partial charge in [-0.1, -0.05) is 0 Å². The Bertz CT molecular complexity index is 634. The lowest BCUT2D eigenvalue weighted by Crippen LogP contribution is -2.27. The molecule has 2 aromatic rings. The van der Waals surface area contributed by atoms with E-state index in [0.29, 0.717) is 17.8 Å². The van der Waals surface area contributed by atoms with Crippen molar-refractivity contribution in [2.75, 3.05) is 7.05 Å². The lowest BCUT2D eigenvalue weighted by Gasteiger charge is -2.16. The minimum Gasteiger partial charge on any atom is -0.336 e. The fourth-order valence-electron chi connectivity index (χ4n) is 2.04. The van der Waals surface area contributed by atoms with Gasteiger partial charge in [-0.05, 0) is 13.0 Å². The Labute approximate surface area is 121 Å². The monoisotopic (exact) mass is 297 g/mol. The molecule has 0 aliphatic heterocycles. The number of amides is 1. The van der Waals surface area contributed by atoms with Crippen molar-refractivity contribution in [1.29, 1.82) is 0 Å². The van der Waals surface area contributed by atoms with Crippen molar-refractivity contribution in [2.45, 2.75) is 26.4 Å². The number of halogens is 2. The van der Waals surface area contributed by atoms with Gasteiger partial charge in [0.1, 0.15) is 6.54 Å². The molecule has 1 amide bonds. The third-order valence-corrected chi connectivity index (χ3v) is 3.17. The Morgan fingerprint density at radius 2 is 2.19 bits per heavy atom. The molecule has 0 aromatic carbocycles. The van der Waals surface area contributed by atoms with Crippen LogP contribution in [0.3, 0.4) is 0 Å². The predicted octanol–water partition coefficient (Wildman–Crippen LogP) is 1.46. The molecular formula is C13H17F2N5O. The minimum atomic E-state index is -2.50. The summed E-state index contributed by atoms with van der Waals surface area (Å²) in [5.41, 5.74) is 1.65. The van der Waals surface area contributed by atoms with Crippen LogP contribution in [0, 0.1) is 6.92 Å². The quantitative estimate of drug-likeness (QED) is 0.839. The van der Waals surface area contributed by atoms with Crippen LogP contribution in [0.5, 0.6) is 0 Å². The van der Waals surface area contributed by atoms with E-state index in [1.807, 2.05) is 6.07 Å². The molecule has 0 saturated carbocycles. The summed E-state index contributed by atoms with van der Waals surface area (Å²) in [7, 11) is 3.44. The lowest BCUT2D eigenvalue weighted by molar-refractivity contribution is 0.0780. The molecule has 8 heteroatoms. The Morgan fingerprint density at radius 1 is 1.48 bits per heavy atom. The fourth-order valence-corrected chi connectivity index (χ4v) is 2.04. The molecule has 0 fully saturated rings. The molecule has 21 heavy (non-hydrogen) atoms. The van der Waals surface area contributed by atoms with Crippen LogP contribution in [-0.2, 0) is 20.1 Å². The number of alkyl halides is 2. The van der Waals surface area contributed by atoms with Crippen molar-refractivity contribution in [3.63, 3.8) is 0 Å². The summed E-state index contributed by atoms with van der Waals surface area (Å²) in [6.07, 6.45) is 0.516. The van der Waals surface area contributed by atoms with Gasteiger partial charge in [0.25, 0.3) is 12.3 Å². The molecular weight excluding hydrogens is 280 g/mol. The van der Waals surface area contributed by atoms with E-state index < -0.39 is 13.0 Å². The van der Waals surface area contributed by atoms with E-state index in [9.17, 15) is 13.6 Å². The molecule has 0 unspecified atom stereocenters. The maximum atomic E-state index is 12.4. The molecule has 0 spiro atoms. The van der Waals surface area contributed by atoms with Gasteiger partial charge >= 0.3 is 0 Å².